The van der Waals surface area contributed by atoms with Gasteiger partial charge in [0.15, 0.2) is 5.17 Å². The van der Waals surface area contributed by atoms with Crippen molar-refractivity contribution in [2.45, 2.75) is 5.75 Å². The monoisotopic (exact) mass is 424 g/mol. The molecule has 1 aliphatic heterocycles. The first kappa shape index (κ1) is 17.3. The minimum Gasteiger partial charge on any atom is -0.286 e. The molecule has 0 N–H and O–H groups in total. The summed E-state index contributed by atoms with van der Waals surface area (Å²) in [4.78, 5) is 19.5. The molecule has 4 rings (SSSR count). The molecule has 1 heterocycles. The Kier molecular flexibility index (Phi) is 5.09. The van der Waals surface area contributed by atoms with E-state index in [0.717, 1.165) is 31.7 Å². The zero-order valence-corrected chi connectivity index (χ0v) is 16.5. The number of thioether (sulfide) groups is 1. The van der Waals surface area contributed by atoms with E-state index in [2.05, 4.69) is 33.1 Å². The number of hydrogen-bond donors (Lipinski definition) is 0. The lowest BCUT2D eigenvalue weighted by Crippen LogP contribution is -2.33. The second-order valence-corrected chi connectivity index (χ2v) is 7.92. The Labute approximate surface area is 165 Å². The van der Waals surface area contributed by atoms with E-state index < -0.39 is 0 Å². The molecule has 0 aliphatic carbocycles. The van der Waals surface area contributed by atoms with Crippen molar-refractivity contribution in [3.05, 3.63) is 82.3 Å². The molecule has 3 aromatic rings. The zero-order chi connectivity index (χ0) is 17.9. The smallest absolute Gasteiger partial charge is 0.260 e. The predicted octanol–water partition coefficient (Wildman–Crippen LogP) is 5.35. The molecular formula is C21H17BrN2OS. The maximum atomic E-state index is 13.2. The first-order valence-electron chi connectivity index (χ1n) is 8.44. The summed E-state index contributed by atoms with van der Waals surface area (Å²) in [7, 11) is 0. The lowest BCUT2D eigenvalue weighted by atomic mass is 10.0. The van der Waals surface area contributed by atoms with Crippen LogP contribution in [-0.4, -0.2) is 29.1 Å². The average molecular weight is 425 g/mol. The molecular weight excluding hydrogens is 408 g/mol. The summed E-state index contributed by atoms with van der Waals surface area (Å²) < 4.78 is 1.07. The molecule has 26 heavy (non-hydrogen) atoms. The fourth-order valence-electron chi connectivity index (χ4n) is 3.02. The molecule has 3 nitrogen and oxygen atoms in total. The summed E-state index contributed by atoms with van der Waals surface area (Å²) >= 11 is 5.07. The number of hydrogen-bond acceptors (Lipinski definition) is 3. The van der Waals surface area contributed by atoms with Gasteiger partial charge in [-0.1, -0.05) is 76.2 Å². The van der Waals surface area contributed by atoms with Crippen molar-refractivity contribution in [3.8, 4) is 0 Å². The number of rotatable bonds is 3. The average Bonchev–Trinajstić information content (AvgIpc) is 3.15. The van der Waals surface area contributed by atoms with Crippen LogP contribution in [0.25, 0.3) is 10.8 Å². The number of aliphatic imine (C=N–C) groups is 1. The summed E-state index contributed by atoms with van der Waals surface area (Å²) in [5.41, 5.74) is 1.95. The van der Waals surface area contributed by atoms with E-state index in [1.807, 2.05) is 59.5 Å². The van der Waals surface area contributed by atoms with Gasteiger partial charge in [-0.15, -0.1) is 0 Å². The third kappa shape index (κ3) is 3.55. The summed E-state index contributed by atoms with van der Waals surface area (Å²) in [6.45, 7) is 1.31. The Balaban J connectivity index is 1.53. The second kappa shape index (κ2) is 7.64. The van der Waals surface area contributed by atoms with Gasteiger partial charge in [-0.05, 0) is 34.5 Å². The fourth-order valence-corrected chi connectivity index (χ4v) is 4.29. The summed E-state index contributed by atoms with van der Waals surface area (Å²) in [5.74, 6) is 0.826. The van der Waals surface area contributed by atoms with Crippen molar-refractivity contribution < 1.29 is 4.79 Å². The summed E-state index contributed by atoms with van der Waals surface area (Å²) in [6.07, 6.45) is 0. The topological polar surface area (TPSA) is 32.7 Å². The molecule has 0 fully saturated rings. The van der Waals surface area contributed by atoms with Gasteiger partial charge in [0.2, 0.25) is 0 Å². The van der Waals surface area contributed by atoms with Crippen molar-refractivity contribution in [2.24, 2.45) is 4.99 Å². The molecule has 0 spiro atoms. The van der Waals surface area contributed by atoms with Crippen LogP contribution in [0.15, 0.2) is 76.2 Å². The molecule has 0 atom stereocenters. The second-order valence-electron chi connectivity index (χ2n) is 6.06. The van der Waals surface area contributed by atoms with Crippen LogP contribution in [-0.2, 0) is 5.75 Å². The SMILES string of the molecule is O=C(c1cccc2ccccc12)N1CCN=C1SCc1ccc(Br)cc1. The fraction of sp³-hybridized carbons (Fsp3) is 0.143. The van der Waals surface area contributed by atoms with E-state index in [1.54, 1.807) is 11.8 Å². The van der Waals surface area contributed by atoms with Gasteiger partial charge < -0.3 is 0 Å². The maximum absolute atomic E-state index is 13.2. The standard InChI is InChI=1S/C21H17BrN2OS/c22-17-10-8-15(9-11-17)14-26-21-23-12-13-24(21)20(25)19-7-3-5-16-4-1-2-6-18(16)19/h1-11H,12-14H2. The first-order valence-corrected chi connectivity index (χ1v) is 10.2. The molecule has 0 radical (unpaired) electrons. The van der Waals surface area contributed by atoms with Crippen molar-refractivity contribution in [1.82, 2.24) is 4.90 Å². The van der Waals surface area contributed by atoms with E-state index in [9.17, 15) is 4.79 Å². The Morgan fingerprint density at radius 3 is 2.65 bits per heavy atom. The van der Waals surface area contributed by atoms with Crippen LogP contribution >= 0.6 is 27.7 Å². The van der Waals surface area contributed by atoms with Crippen LogP contribution in [0.5, 0.6) is 0 Å². The number of carbonyl (C=O) groups is 1. The number of amidine groups is 1. The minimum atomic E-state index is 0.0290. The molecule has 0 saturated heterocycles. The van der Waals surface area contributed by atoms with Crippen molar-refractivity contribution in [1.29, 1.82) is 0 Å². The highest BCUT2D eigenvalue weighted by Crippen LogP contribution is 2.25. The molecule has 0 unspecified atom stereocenters. The molecule has 3 aromatic carbocycles. The first-order chi connectivity index (χ1) is 12.7. The van der Waals surface area contributed by atoms with E-state index in [0.29, 0.717) is 13.1 Å². The summed E-state index contributed by atoms with van der Waals surface area (Å²) in [5, 5.41) is 2.88. The Morgan fingerprint density at radius 2 is 1.81 bits per heavy atom. The Hall–Kier alpha value is -2.11. The molecule has 0 aromatic heterocycles. The molecule has 0 saturated carbocycles. The van der Waals surface area contributed by atoms with Gasteiger partial charge in [-0.25, -0.2) is 0 Å². The van der Waals surface area contributed by atoms with Gasteiger partial charge >= 0.3 is 0 Å². The lowest BCUT2D eigenvalue weighted by molar-refractivity contribution is 0.0862. The van der Waals surface area contributed by atoms with Crippen LogP contribution in [0, 0.1) is 0 Å². The van der Waals surface area contributed by atoms with Crippen LogP contribution in [0.3, 0.4) is 0 Å². The Morgan fingerprint density at radius 1 is 1.04 bits per heavy atom. The minimum absolute atomic E-state index is 0.0290. The Bertz CT molecular complexity index is 979. The third-order valence-corrected chi connectivity index (χ3v) is 5.96. The largest absolute Gasteiger partial charge is 0.286 e. The van der Waals surface area contributed by atoms with Gasteiger partial charge in [0.05, 0.1) is 6.54 Å². The van der Waals surface area contributed by atoms with Gasteiger partial charge in [-0.3, -0.25) is 14.7 Å². The molecule has 130 valence electrons. The third-order valence-electron chi connectivity index (χ3n) is 4.35. The number of amides is 1. The van der Waals surface area contributed by atoms with E-state index in [4.69, 9.17) is 0 Å². The van der Waals surface area contributed by atoms with Gasteiger partial charge in [-0.2, -0.15) is 0 Å². The normalized spacial score (nSPS) is 13.9. The van der Waals surface area contributed by atoms with Gasteiger partial charge in [0.25, 0.3) is 5.91 Å². The zero-order valence-electron chi connectivity index (χ0n) is 14.1. The van der Waals surface area contributed by atoms with Gasteiger partial charge in [0, 0.05) is 22.3 Å². The highest BCUT2D eigenvalue weighted by molar-refractivity contribution is 9.10. The highest BCUT2D eigenvalue weighted by Gasteiger charge is 2.26. The van der Waals surface area contributed by atoms with Crippen molar-refractivity contribution >= 4 is 49.5 Å². The highest BCUT2D eigenvalue weighted by atomic mass is 79.9. The van der Waals surface area contributed by atoms with E-state index in [1.165, 1.54) is 5.56 Å². The summed E-state index contributed by atoms with van der Waals surface area (Å²) in [6, 6.07) is 22.1. The molecule has 5 heteroatoms. The van der Waals surface area contributed by atoms with Crippen molar-refractivity contribution in [3.63, 3.8) is 0 Å². The lowest BCUT2D eigenvalue weighted by Gasteiger charge is -2.19. The van der Waals surface area contributed by atoms with E-state index in [-0.39, 0.29) is 5.91 Å². The molecule has 1 amide bonds. The van der Waals surface area contributed by atoms with Gasteiger partial charge in [0.1, 0.15) is 0 Å². The quantitative estimate of drug-likeness (QED) is 0.567. The van der Waals surface area contributed by atoms with Crippen LogP contribution < -0.4 is 0 Å². The van der Waals surface area contributed by atoms with Crippen LogP contribution in [0.1, 0.15) is 15.9 Å². The number of fused-ring (bicyclic) bond motifs is 1. The number of carbonyl (C=O) groups excluding carboxylic acids is 1. The molecule has 0 bridgehead atoms. The van der Waals surface area contributed by atoms with Crippen molar-refractivity contribution in [2.75, 3.05) is 13.1 Å². The predicted molar refractivity (Wildman–Crippen MR) is 113 cm³/mol. The molecule has 1 aliphatic rings. The van der Waals surface area contributed by atoms with Crippen LogP contribution in [0.2, 0.25) is 0 Å². The van der Waals surface area contributed by atoms with E-state index >= 15 is 0 Å². The maximum Gasteiger partial charge on any atom is 0.260 e. The number of halogens is 1. The van der Waals surface area contributed by atoms with Crippen LogP contribution in [0.4, 0.5) is 0 Å². The number of benzene rings is 3. The number of nitrogens with zero attached hydrogens (tertiary/aromatic N) is 2.